The molecule has 0 spiro atoms. The second-order valence-electron chi connectivity index (χ2n) is 5.13. The van der Waals surface area contributed by atoms with Crippen LogP contribution >= 0.6 is 11.6 Å². The second-order valence-corrected chi connectivity index (χ2v) is 5.54. The summed E-state index contributed by atoms with van der Waals surface area (Å²) in [6.45, 7) is 7.39. The first-order chi connectivity index (χ1) is 8.54. The van der Waals surface area contributed by atoms with Crippen molar-refractivity contribution in [3.63, 3.8) is 0 Å². The van der Waals surface area contributed by atoms with Crippen molar-refractivity contribution < 1.29 is 4.39 Å². The van der Waals surface area contributed by atoms with Crippen LogP contribution in [-0.2, 0) is 6.42 Å². The predicted octanol–water partition coefficient (Wildman–Crippen LogP) is 4.44. The van der Waals surface area contributed by atoms with Crippen LogP contribution < -0.4 is 5.32 Å². The molecule has 1 aromatic carbocycles. The molecule has 18 heavy (non-hydrogen) atoms. The van der Waals surface area contributed by atoms with Crippen molar-refractivity contribution in [2.24, 2.45) is 5.92 Å². The first-order valence-electron chi connectivity index (χ1n) is 6.70. The Balaban J connectivity index is 2.70. The molecule has 0 radical (unpaired) electrons. The lowest BCUT2D eigenvalue weighted by atomic mass is 9.97. The van der Waals surface area contributed by atoms with Crippen LogP contribution in [0.1, 0.15) is 39.2 Å². The molecule has 3 heteroatoms. The normalized spacial score (nSPS) is 13.0. The van der Waals surface area contributed by atoms with Crippen LogP contribution in [0.25, 0.3) is 0 Å². The fourth-order valence-corrected chi connectivity index (χ4v) is 2.31. The number of hydrogen-bond donors (Lipinski definition) is 1. The van der Waals surface area contributed by atoms with Gasteiger partial charge in [0.2, 0.25) is 0 Å². The molecule has 0 aliphatic heterocycles. The molecule has 1 N–H and O–H groups in total. The molecule has 1 rings (SSSR count). The standard InChI is InChI=1S/C15H23ClFN/c1-4-18-12(9-8-11(2)3)10-13-14(16)6-5-7-15(13)17/h5-7,11-12,18H,4,8-10H2,1-3H3. The molecule has 0 heterocycles. The van der Waals surface area contributed by atoms with Crippen molar-refractivity contribution in [3.8, 4) is 0 Å². The van der Waals surface area contributed by atoms with Crippen molar-refractivity contribution in [2.75, 3.05) is 6.54 Å². The van der Waals surface area contributed by atoms with Gasteiger partial charge in [-0.3, -0.25) is 0 Å². The summed E-state index contributed by atoms with van der Waals surface area (Å²) in [6.07, 6.45) is 2.85. The molecule has 0 aliphatic rings. The van der Waals surface area contributed by atoms with Crippen molar-refractivity contribution in [1.82, 2.24) is 5.32 Å². The summed E-state index contributed by atoms with van der Waals surface area (Å²) in [5.41, 5.74) is 0.633. The van der Waals surface area contributed by atoms with Gasteiger partial charge in [0.25, 0.3) is 0 Å². The molecule has 1 aromatic rings. The number of nitrogens with one attached hydrogen (secondary N) is 1. The van der Waals surface area contributed by atoms with Crippen LogP contribution in [0.15, 0.2) is 18.2 Å². The summed E-state index contributed by atoms with van der Waals surface area (Å²) < 4.78 is 13.7. The largest absolute Gasteiger partial charge is 0.314 e. The maximum Gasteiger partial charge on any atom is 0.127 e. The predicted molar refractivity (Wildman–Crippen MR) is 76.7 cm³/mol. The molecule has 1 nitrogen and oxygen atoms in total. The third-order valence-corrected chi connectivity index (χ3v) is 3.45. The zero-order chi connectivity index (χ0) is 13.5. The van der Waals surface area contributed by atoms with E-state index < -0.39 is 0 Å². The summed E-state index contributed by atoms with van der Waals surface area (Å²) in [4.78, 5) is 0. The molecular weight excluding hydrogens is 249 g/mol. The summed E-state index contributed by atoms with van der Waals surface area (Å²) in [6, 6.07) is 5.18. The smallest absolute Gasteiger partial charge is 0.127 e. The van der Waals surface area contributed by atoms with E-state index in [1.54, 1.807) is 12.1 Å². The van der Waals surface area contributed by atoms with Crippen LogP contribution in [0.4, 0.5) is 4.39 Å². The van der Waals surface area contributed by atoms with Crippen LogP contribution in [0.5, 0.6) is 0 Å². The lowest BCUT2D eigenvalue weighted by molar-refractivity contribution is 0.429. The van der Waals surface area contributed by atoms with E-state index in [2.05, 4.69) is 26.1 Å². The molecule has 0 bridgehead atoms. The van der Waals surface area contributed by atoms with Crippen molar-refractivity contribution in [3.05, 3.63) is 34.6 Å². The van der Waals surface area contributed by atoms with Crippen LogP contribution in [0, 0.1) is 11.7 Å². The highest BCUT2D eigenvalue weighted by Gasteiger charge is 2.14. The van der Waals surface area contributed by atoms with Crippen molar-refractivity contribution in [2.45, 2.75) is 46.1 Å². The Labute approximate surface area is 115 Å². The quantitative estimate of drug-likeness (QED) is 0.773. The van der Waals surface area contributed by atoms with Gasteiger partial charge in [-0.2, -0.15) is 0 Å². The fourth-order valence-electron chi connectivity index (χ4n) is 2.07. The van der Waals surface area contributed by atoms with Gasteiger partial charge in [-0.15, -0.1) is 0 Å². The third-order valence-electron chi connectivity index (χ3n) is 3.10. The van der Waals surface area contributed by atoms with Crippen LogP contribution in [0.3, 0.4) is 0 Å². The molecule has 0 amide bonds. The van der Waals surface area contributed by atoms with E-state index in [9.17, 15) is 4.39 Å². The lowest BCUT2D eigenvalue weighted by Crippen LogP contribution is -2.31. The third kappa shape index (κ3) is 4.95. The van der Waals surface area contributed by atoms with Gasteiger partial charge in [0.15, 0.2) is 0 Å². The van der Waals surface area contributed by atoms with Crippen molar-refractivity contribution >= 4 is 11.6 Å². The second kappa shape index (κ2) is 7.75. The summed E-state index contributed by atoms with van der Waals surface area (Å²) in [5.74, 6) is 0.470. The van der Waals surface area contributed by atoms with E-state index in [0.29, 0.717) is 29.0 Å². The highest BCUT2D eigenvalue weighted by Crippen LogP contribution is 2.22. The van der Waals surface area contributed by atoms with Crippen LogP contribution in [0.2, 0.25) is 5.02 Å². The van der Waals surface area contributed by atoms with Gasteiger partial charge in [0.05, 0.1) is 0 Å². The molecule has 1 unspecified atom stereocenters. The molecule has 0 fully saturated rings. The Bertz CT molecular complexity index is 345. The number of likely N-dealkylation sites (N-methyl/N-ethyl adjacent to an activating group) is 1. The zero-order valence-electron chi connectivity index (χ0n) is 11.5. The van der Waals surface area contributed by atoms with E-state index in [0.717, 1.165) is 19.4 Å². The van der Waals surface area contributed by atoms with E-state index in [4.69, 9.17) is 11.6 Å². The van der Waals surface area contributed by atoms with Gasteiger partial charge in [-0.05, 0) is 43.9 Å². The molecule has 0 aromatic heterocycles. The minimum absolute atomic E-state index is 0.199. The minimum atomic E-state index is -0.199. The monoisotopic (exact) mass is 271 g/mol. The number of halogens is 2. The SMILES string of the molecule is CCNC(CCC(C)C)Cc1c(F)cccc1Cl. The summed E-state index contributed by atoms with van der Waals surface area (Å²) in [7, 11) is 0. The van der Waals surface area contributed by atoms with Gasteiger partial charge in [-0.1, -0.05) is 38.4 Å². The first kappa shape index (κ1) is 15.5. The summed E-state index contributed by atoms with van der Waals surface area (Å²) in [5, 5.41) is 3.95. The molecule has 0 saturated carbocycles. The number of rotatable bonds is 7. The van der Waals surface area contributed by atoms with E-state index >= 15 is 0 Å². The Hall–Kier alpha value is -0.600. The molecule has 0 aliphatic carbocycles. The van der Waals surface area contributed by atoms with Gasteiger partial charge >= 0.3 is 0 Å². The highest BCUT2D eigenvalue weighted by molar-refractivity contribution is 6.31. The zero-order valence-corrected chi connectivity index (χ0v) is 12.2. The Morgan fingerprint density at radius 2 is 2.00 bits per heavy atom. The fraction of sp³-hybridized carbons (Fsp3) is 0.600. The van der Waals surface area contributed by atoms with Crippen molar-refractivity contribution in [1.29, 1.82) is 0 Å². The Morgan fingerprint density at radius 1 is 1.28 bits per heavy atom. The maximum absolute atomic E-state index is 13.7. The van der Waals surface area contributed by atoms with E-state index in [-0.39, 0.29) is 5.82 Å². The van der Waals surface area contributed by atoms with E-state index in [1.165, 1.54) is 6.07 Å². The van der Waals surface area contributed by atoms with Crippen LogP contribution in [-0.4, -0.2) is 12.6 Å². The molecule has 1 atom stereocenters. The average Bonchev–Trinajstić information content (AvgIpc) is 2.30. The molecular formula is C15H23ClFN. The average molecular weight is 272 g/mol. The first-order valence-corrected chi connectivity index (χ1v) is 7.08. The minimum Gasteiger partial charge on any atom is -0.314 e. The Morgan fingerprint density at radius 3 is 2.56 bits per heavy atom. The topological polar surface area (TPSA) is 12.0 Å². The number of hydrogen-bond acceptors (Lipinski definition) is 1. The Kier molecular flexibility index (Phi) is 6.66. The van der Waals surface area contributed by atoms with Gasteiger partial charge < -0.3 is 5.32 Å². The number of benzene rings is 1. The van der Waals surface area contributed by atoms with Gasteiger partial charge in [0, 0.05) is 16.6 Å². The lowest BCUT2D eigenvalue weighted by Gasteiger charge is -2.20. The maximum atomic E-state index is 13.7. The van der Waals surface area contributed by atoms with E-state index in [1.807, 2.05) is 0 Å². The molecule has 102 valence electrons. The molecule has 0 saturated heterocycles. The highest BCUT2D eigenvalue weighted by atomic mass is 35.5. The summed E-state index contributed by atoms with van der Waals surface area (Å²) >= 11 is 6.07. The van der Waals surface area contributed by atoms with Gasteiger partial charge in [-0.25, -0.2) is 4.39 Å². The van der Waals surface area contributed by atoms with Gasteiger partial charge in [0.1, 0.15) is 5.82 Å².